The van der Waals surface area contributed by atoms with Gasteiger partial charge in [-0.3, -0.25) is 11.3 Å². The van der Waals surface area contributed by atoms with Gasteiger partial charge in [-0.1, -0.05) is 6.42 Å². The molecular weight excluding hydrogens is 200 g/mol. The van der Waals surface area contributed by atoms with Crippen LogP contribution in [0, 0.1) is 17.8 Å². The highest BCUT2D eigenvalue weighted by Crippen LogP contribution is 2.59. The highest BCUT2D eigenvalue weighted by molar-refractivity contribution is 5.08. The molecular formula is C12H20N4. The lowest BCUT2D eigenvalue weighted by atomic mass is 10.0. The zero-order chi connectivity index (χ0) is 11.1. The topological polar surface area (TPSA) is 55.9 Å². The van der Waals surface area contributed by atoms with E-state index in [1.807, 2.05) is 19.4 Å². The van der Waals surface area contributed by atoms with E-state index in [0.29, 0.717) is 6.04 Å². The van der Waals surface area contributed by atoms with Crippen molar-refractivity contribution in [1.82, 2.24) is 15.0 Å². The number of nitrogens with one attached hydrogen (secondary N) is 1. The lowest BCUT2D eigenvalue weighted by Crippen LogP contribution is -2.40. The SMILES string of the molecule is Cn1ccnc1CC(NN)C1C2CCCC21. The lowest BCUT2D eigenvalue weighted by Gasteiger charge is -2.17. The molecule has 2 fully saturated rings. The molecule has 1 heterocycles. The van der Waals surface area contributed by atoms with Crippen LogP contribution in [-0.4, -0.2) is 15.6 Å². The number of hydrogen-bond donors (Lipinski definition) is 2. The molecule has 0 radical (unpaired) electrons. The van der Waals surface area contributed by atoms with Crippen LogP contribution in [-0.2, 0) is 13.5 Å². The molecule has 4 heteroatoms. The fourth-order valence-corrected chi connectivity index (χ4v) is 3.57. The molecule has 3 rings (SSSR count). The number of imidazole rings is 1. The fraction of sp³-hybridized carbons (Fsp3) is 0.750. The van der Waals surface area contributed by atoms with E-state index in [1.165, 1.54) is 19.3 Å². The van der Waals surface area contributed by atoms with E-state index in [-0.39, 0.29) is 0 Å². The second kappa shape index (κ2) is 3.86. The lowest BCUT2D eigenvalue weighted by molar-refractivity contribution is 0.401. The Morgan fingerprint density at radius 3 is 2.88 bits per heavy atom. The van der Waals surface area contributed by atoms with Gasteiger partial charge in [0.05, 0.1) is 0 Å². The van der Waals surface area contributed by atoms with E-state index in [0.717, 1.165) is 30.0 Å². The van der Waals surface area contributed by atoms with E-state index >= 15 is 0 Å². The maximum atomic E-state index is 5.70. The molecule has 0 spiro atoms. The smallest absolute Gasteiger partial charge is 0.109 e. The van der Waals surface area contributed by atoms with Gasteiger partial charge in [-0.05, 0) is 30.6 Å². The predicted octanol–water partition coefficient (Wildman–Crippen LogP) is 0.841. The van der Waals surface area contributed by atoms with Crippen LogP contribution in [0.4, 0.5) is 0 Å². The zero-order valence-electron chi connectivity index (χ0n) is 9.76. The molecule has 2 aliphatic rings. The van der Waals surface area contributed by atoms with Gasteiger partial charge in [-0.25, -0.2) is 4.98 Å². The van der Waals surface area contributed by atoms with Gasteiger partial charge >= 0.3 is 0 Å². The van der Waals surface area contributed by atoms with Gasteiger partial charge in [0, 0.05) is 31.9 Å². The molecule has 88 valence electrons. The molecule has 3 unspecified atom stereocenters. The fourth-order valence-electron chi connectivity index (χ4n) is 3.57. The largest absolute Gasteiger partial charge is 0.338 e. The molecule has 0 amide bonds. The molecule has 0 saturated heterocycles. The van der Waals surface area contributed by atoms with Crippen LogP contribution in [0.2, 0.25) is 0 Å². The quantitative estimate of drug-likeness (QED) is 0.584. The summed E-state index contributed by atoms with van der Waals surface area (Å²) in [5, 5.41) is 0. The highest BCUT2D eigenvalue weighted by atomic mass is 15.2. The monoisotopic (exact) mass is 220 g/mol. The van der Waals surface area contributed by atoms with Gasteiger partial charge in [0.2, 0.25) is 0 Å². The van der Waals surface area contributed by atoms with Gasteiger partial charge in [-0.15, -0.1) is 0 Å². The molecule has 0 aliphatic heterocycles. The van der Waals surface area contributed by atoms with Gasteiger partial charge < -0.3 is 4.57 Å². The molecule has 2 aliphatic carbocycles. The zero-order valence-corrected chi connectivity index (χ0v) is 9.76. The van der Waals surface area contributed by atoms with E-state index in [9.17, 15) is 0 Å². The van der Waals surface area contributed by atoms with Crippen LogP contribution in [0.15, 0.2) is 12.4 Å². The Morgan fingerprint density at radius 2 is 2.31 bits per heavy atom. The summed E-state index contributed by atoms with van der Waals surface area (Å²) in [5.41, 5.74) is 3.00. The van der Waals surface area contributed by atoms with Gasteiger partial charge in [-0.2, -0.15) is 0 Å². The number of nitrogens with zero attached hydrogens (tertiary/aromatic N) is 2. The molecule has 1 aromatic rings. The number of rotatable bonds is 4. The molecule has 0 aromatic carbocycles. The predicted molar refractivity (Wildman–Crippen MR) is 62.3 cm³/mol. The first kappa shape index (κ1) is 10.3. The average molecular weight is 220 g/mol. The summed E-state index contributed by atoms with van der Waals surface area (Å²) in [6.07, 6.45) is 9.05. The van der Waals surface area contributed by atoms with Gasteiger partial charge in [0.1, 0.15) is 5.82 Å². The standard InChI is InChI=1S/C12H20N4/c1-16-6-5-14-11(16)7-10(15-13)12-8-3-2-4-9(8)12/h5-6,8-10,12,15H,2-4,7,13H2,1H3. The number of hydrazine groups is 1. The first-order chi connectivity index (χ1) is 7.81. The minimum absolute atomic E-state index is 0.413. The maximum Gasteiger partial charge on any atom is 0.109 e. The van der Waals surface area contributed by atoms with Crippen LogP contribution < -0.4 is 11.3 Å². The van der Waals surface area contributed by atoms with Crippen molar-refractivity contribution in [2.24, 2.45) is 30.6 Å². The molecule has 4 nitrogen and oxygen atoms in total. The van der Waals surface area contributed by atoms with Crippen molar-refractivity contribution < 1.29 is 0 Å². The van der Waals surface area contributed by atoms with Crippen molar-refractivity contribution in [2.75, 3.05) is 0 Å². The van der Waals surface area contributed by atoms with Crippen LogP contribution in [0.25, 0.3) is 0 Å². The van der Waals surface area contributed by atoms with Crippen molar-refractivity contribution in [3.05, 3.63) is 18.2 Å². The number of fused-ring (bicyclic) bond motifs is 1. The van der Waals surface area contributed by atoms with Crippen LogP contribution in [0.1, 0.15) is 25.1 Å². The Balaban J connectivity index is 1.66. The second-order valence-electron chi connectivity index (χ2n) is 5.27. The third-order valence-corrected chi connectivity index (χ3v) is 4.47. The van der Waals surface area contributed by atoms with Gasteiger partial charge in [0.15, 0.2) is 0 Å². The summed E-state index contributed by atoms with van der Waals surface area (Å²) in [6, 6.07) is 0.413. The Bertz CT molecular complexity index is 363. The Kier molecular flexibility index (Phi) is 2.48. The molecule has 0 bridgehead atoms. The van der Waals surface area contributed by atoms with Crippen molar-refractivity contribution in [2.45, 2.75) is 31.7 Å². The van der Waals surface area contributed by atoms with Crippen molar-refractivity contribution in [3.63, 3.8) is 0 Å². The third-order valence-electron chi connectivity index (χ3n) is 4.47. The summed E-state index contributed by atoms with van der Waals surface area (Å²) in [4.78, 5) is 4.38. The summed E-state index contributed by atoms with van der Waals surface area (Å²) in [5.74, 6) is 9.52. The first-order valence-electron chi connectivity index (χ1n) is 6.23. The molecule has 2 saturated carbocycles. The summed E-state index contributed by atoms with van der Waals surface area (Å²) < 4.78 is 2.09. The maximum absolute atomic E-state index is 5.70. The Morgan fingerprint density at radius 1 is 1.56 bits per heavy atom. The van der Waals surface area contributed by atoms with Crippen molar-refractivity contribution in [3.8, 4) is 0 Å². The molecule has 1 aromatic heterocycles. The molecule has 3 N–H and O–H groups in total. The van der Waals surface area contributed by atoms with E-state index in [2.05, 4.69) is 15.0 Å². The third kappa shape index (κ3) is 1.57. The second-order valence-corrected chi connectivity index (χ2v) is 5.27. The Labute approximate surface area is 96.2 Å². The summed E-state index contributed by atoms with van der Waals surface area (Å²) in [6.45, 7) is 0. The minimum Gasteiger partial charge on any atom is -0.338 e. The minimum atomic E-state index is 0.413. The molecule has 16 heavy (non-hydrogen) atoms. The Hall–Kier alpha value is -0.870. The van der Waals surface area contributed by atoms with E-state index in [4.69, 9.17) is 5.84 Å². The van der Waals surface area contributed by atoms with Crippen molar-refractivity contribution >= 4 is 0 Å². The normalized spacial score (nSPS) is 33.8. The van der Waals surface area contributed by atoms with Crippen LogP contribution >= 0.6 is 0 Å². The number of aryl methyl sites for hydroxylation is 1. The summed E-state index contributed by atoms with van der Waals surface area (Å²) >= 11 is 0. The van der Waals surface area contributed by atoms with E-state index < -0.39 is 0 Å². The van der Waals surface area contributed by atoms with Crippen LogP contribution in [0.5, 0.6) is 0 Å². The van der Waals surface area contributed by atoms with Crippen LogP contribution in [0.3, 0.4) is 0 Å². The van der Waals surface area contributed by atoms with Gasteiger partial charge in [0.25, 0.3) is 0 Å². The highest BCUT2D eigenvalue weighted by Gasteiger charge is 2.55. The number of hydrogen-bond acceptors (Lipinski definition) is 3. The number of nitrogens with two attached hydrogens (primary N) is 1. The van der Waals surface area contributed by atoms with Crippen molar-refractivity contribution in [1.29, 1.82) is 0 Å². The number of aromatic nitrogens is 2. The molecule has 3 atom stereocenters. The average Bonchev–Trinajstić information content (AvgIpc) is 2.69. The van der Waals surface area contributed by atoms with E-state index in [1.54, 1.807) is 0 Å². The summed E-state index contributed by atoms with van der Waals surface area (Å²) in [7, 11) is 2.05. The first-order valence-corrected chi connectivity index (χ1v) is 6.23.